The molecule has 1 aromatic heterocycles. The molecule has 0 aliphatic rings. The van der Waals surface area contributed by atoms with Gasteiger partial charge in [0.25, 0.3) is 0 Å². The van der Waals surface area contributed by atoms with Gasteiger partial charge in [-0.05, 0) is 32.9 Å². The van der Waals surface area contributed by atoms with Crippen LogP contribution in [0.1, 0.15) is 31.3 Å². The highest BCUT2D eigenvalue weighted by Gasteiger charge is 1.94. The van der Waals surface area contributed by atoms with Crippen LogP contribution in [0.5, 0.6) is 0 Å². The van der Waals surface area contributed by atoms with Gasteiger partial charge in [-0.2, -0.15) is 0 Å². The molecule has 0 amide bonds. The minimum atomic E-state index is -0.125. The summed E-state index contributed by atoms with van der Waals surface area (Å²) < 4.78 is 14.7. The Kier molecular flexibility index (Phi) is 17.8. The van der Waals surface area contributed by atoms with Gasteiger partial charge in [0, 0.05) is 13.2 Å². The van der Waals surface area contributed by atoms with E-state index in [-0.39, 0.29) is 19.5 Å². The summed E-state index contributed by atoms with van der Waals surface area (Å²) in [6, 6.07) is 3.27. The summed E-state index contributed by atoms with van der Waals surface area (Å²) in [6.45, 7) is 7.00. The second-order valence-corrected chi connectivity index (χ2v) is 3.06. The summed E-state index contributed by atoms with van der Waals surface area (Å²) in [5, 5.41) is 15.2. The summed E-state index contributed by atoms with van der Waals surface area (Å²) in [5.41, 5.74) is 0. The predicted octanol–water partition coefficient (Wildman–Crippen LogP) is 1.47. The number of aliphatic hydroxyl groups excluding tert-OH is 2. The van der Waals surface area contributed by atoms with E-state index < -0.39 is 0 Å². The quantitative estimate of drug-likeness (QED) is 0.604. The van der Waals surface area contributed by atoms with Crippen molar-refractivity contribution in [1.82, 2.24) is 0 Å². The molecule has 0 saturated carbocycles. The maximum atomic E-state index is 9.77. The van der Waals surface area contributed by atoms with Crippen LogP contribution >= 0.6 is 0 Å². The summed E-state index contributed by atoms with van der Waals surface area (Å²) in [7, 11) is 0. The van der Waals surface area contributed by atoms with Crippen molar-refractivity contribution in [2.24, 2.45) is 0 Å². The van der Waals surface area contributed by atoms with Crippen LogP contribution < -0.4 is 0 Å². The Labute approximate surface area is 113 Å². The van der Waals surface area contributed by atoms with E-state index in [0.29, 0.717) is 12.0 Å². The number of hydrogen-bond acceptors (Lipinski definition) is 6. The van der Waals surface area contributed by atoms with E-state index in [1.165, 1.54) is 6.26 Å². The zero-order chi connectivity index (χ0) is 14.9. The lowest BCUT2D eigenvalue weighted by Gasteiger charge is -2.09. The number of furan rings is 1. The van der Waals surface area contributed by atoms with Gasteiger partial charge in [-0.3, -0.25) is 4.79 Å². The lowest BCUT2D eigenvalue weighted by molar-refractivity contribution is -0.123. The van der Waals surface area contributed by atoms with E-state index in [2.05, 4.69) is 4.42 Å². The van der Waals surface area contributed by atoms with Gasteiger partial charge < -0.3 is 24.1 Å². The molecular formula is C13H24O6. The smallest absolute Gasteiger partial charge is 0.185 e. The molecule has 1 heterocycles. The highest BCUT2D eigenvalue weighted by Crippen LogP contribution is 1.92. The lowest BCUT2D eigenvalue weighted by Crippen LogP contribution is -2.11. The van der Waals surface area contributed by atoms with Crippen LogP contribution in [0.25, 0.3) is 0 Å². The molecule has 0 fully saturated rings. The van der Waals surface area contributed by atoms with Gasteiger partial charge in [0.05, 0.1) is 19.5 Å². The van der Waals surface area contributed by atoms with E-state index in [1.807, 2.05) is 20.8 Å². The lowest BCUT2D eigenvalue weighted by atomic mass is 10.5. The molecule has 0 bridgehead atoms. The van der Waals surface area contributed by atoms with Gasteiger partial charge in [-0.1, -0.05) is 0 Å². The molecular weight excluding hydrogens is 252 g/mol. The molecule has 1 rings (SSSR count). The Bertz CT molecular complexity index is 252. The first-order valence-electron chi connectivity index (χ1n) is 6.09. The topological polar surface area (TPSA) is 89.1 Å². The van der Waals surface area contributed by atoms with Crippen molar-refractivity contribution in [3.05, 3.63) is 24.2 Å². The first kappa shape index (κ1) is 20.1. The van der Waals surface area contributed by atoms with Crippen molar-refractivity contribution in [3.63, 3.8) is 0 Å². The Morgan fingerprint density at radius 3 is 2.00 bits per heavy atom. The van der Waals surface area contributed by atoms with Crippen LogP contribution in [0.2, 0.25) is 0 Å². The van der Waals surface area contributed by atoms with Crippen molar-refractivity contribution in [3.8, 4) is 0 Å². The van der Waals surface area contributed by atoms with Crippen LogP contribution in [0.15, 0.2) is 22.8 Å². The minimum Gasteiger partial charge on any atom is -0.462 e. The summed E-state index contributed by atoms with van der Waals surface area (Å²) >= 11 is 0. The fraction of sp³-hybridized carbons (Fsp3) is 0.615. The van der Waals surface area contributed by atoms with E-state index in [9.17, 15) is 4.79 Å². The van der Waals surface area contributed by atoms with Crippen LogP contribution in [0.3, 0.4) is 0 Å². The normalized spacial score (nSPS) is 9.16. The fourth-order valence-electron chi connectivity index (χ4n) is 0.876. The standard InChI is InChI=1S/C6H14O2.C5H4O2.C2H6O2/c1-4-7-6(3)8-5-2;6-4-5-2-1-3-7-5;3-1-2-4/h6H,4-5H2,1-3H3;1-4H;3-4H,1-2H2. The molecule has 19 heavy (non-hydrogen) atoms. The Balaban J connectivity index is 0. The van der Waals surface area contributed by atoms with Crippen molar-refractivity contribution < 1.29 is 28.9 Å². The van der Waals surface area contributed by atoms with Crippen LogP contribution in [-0.2, 0) is 9.47 Å². The molecule has 6 heteroatoms. The van der Waals surface area contributed by atoms with Crippen molar-refractivity contribution in [1.29, 1.82) is 0 Å². The molecule has 1 aromatic rings. The van der Waals surface area contributed by atoms with E-state index >= 15 is 0 Å². The van der Waals surface area contributed by atoms with E-state index in [1.54, 1.807) is 12.1 Å². The van der Waals surface area contributed by atoms with Crippen molar-refractivity contribution >= 4 is 6.29 Å². The number of rotatable bonds is 6. The maximum Gasteiger partial charge on any atom is 0.185 e. The van der Waals surface area contributed by atoms with Crippen LogP contribution in [-0.4, -0.2) is 49.2 Å². The number of hydrogen-bond donors (Lipinski definition) is 2. The van der Waals surface area contributed by atoms with Crippen LogP contribution in [0, 0.1) is 0 Å². The molecule has 0 spiro atoms. The van der Waals surface area contributed by atoms with Gasteiger partial charge in [-0.25, -0.2) is 0 Å². The van der Waals surface area contributed by atoms with Crippen molar-refractivity contribution in [2.45, 2.75) is 27.1 Å². The molecule has 0 atom stereocenters. The first-order valence-corrected chi connectivity index (χ1v) is 6.09. The molecule has 0 unspecified atom stereocenters. The summed E-state index contributed by atoms with van der Waals surface area (Å²) in [5.74, 6) is 0.375. The van der Waals surface area contributed by atoms with Gasteiger partial charge in [0.2, 0.25) is 0 Å². The molecule has 0 radical (unpaired) electrons. The second-order valence-electron chi connectivity index (χ2n) is 3.06. The van der Waals surface area contributed by atoms with E-state index in [4.69, 9.17) is 19.7 Å². The highest BCUT2D eigenvalue weighted by atomic mass is 16.7. The third-order valence-electron chi connectivity index (χ3n) is 1.56. The zero-order valence-corrected chi connectivity index (χ0v) is 11.7. The van der Waals surface area contributed by atoms with Gasteiger partial charge >= 0.3 is 0 Å². The van der Waals surface area contributed by atoms with Gasteiger partial charge in [0.1, 0.15) is 0 Å². The molecule has 6 nitrogen and oxygen atoms in total. The minimum absolute atomic E-state index is 0.0370. The number of aldehydes is 1. The molecule has 0 saturated heterocycles. The second kappa shape index (κ2) is 16.8. The fourth-order valence-corrected chi connectivity index (χ4v) is 0.876. The molecule has 0 aromatic carbocycles. The number of aliphatic hydroxyl groups is 2. The zero-order valence-electron chi connectivity index (χ0n) is 11.7. The van der Waals surface area contributed by atoms with Gasteiger partial charge in [0.15, 0.2) is 18.3 Å². The first-order chi connectivity index (χ1) is 9.15. The van der Waals surface area contributed by atoms with Crippen LogP contribution in [0.4, 0.5) is 0 Å². The Morgan fingerprint density at radius 1 is 1.26 bits per heavy atom. The van der Waals surface area contributed by atoms with E-state index in [0.717, 1.165) is 13.2 Å². The molecule has 112 valence electrons. The third-order valence-corrected chi connectivity index (χ3v) is 1.56. The van der Waals surface area contributed by atoms with Crippen molar-refractivity contribution in [2.75, 3.05) is 26.4 Å². The summed E-state index contributed by atoms with van der Waals surface area (Å²) in [4.78, 5) is 9.77. The number of carbonyl (C=O) groups excluding carboxylic acids is 1. The van der Waals surface area contributed by atoms with Gasteiger partial charge in [-0.15, -0.1) is 0 Å². The molecule has 0 aliphatic carbocycles. The average Bonchev–Trinajstić information content (AvgIpc) is 2.93. The number of carbonyl (C=O) groups is 1. The third kappa shape index (κ3) is 16.8. The average molecular weight is 276 g/mol. The monoisotopic (exact) mass is 276 g/mol. The molecule has 2 N–H and O–H groups in total. The Morgan fingerprint density at radius 2 is 1.79 bits per heavy atom. The Hall–Kier alpha value is -1.21. The largest absolute Gasteiger partial charge is 0.462 e. The maximum absolute atomic E-state index is 9.77. The SMILES string of the molecule is CCOC(C)OCC.O=Cc1ccco1.OCCO. The molecule has 0 aliphatic heterocycles. The number of ether oxygens (including phenoxy) is 2. The highest BCUT2D eigenvalue weighted by molar-refractivity contribution is 5.69. The predicted molar refractivity (Wildman–Crippen MR) is 71.0 cm³/mol. The summed E-state index contributed by atoms with van der Waals surface area (Å²) in [6.07, 6.45) is 2.09.